The zero-order chi connectivity index (χ0) is 51.0. The molecule has 0 aliphatic carbocycles. The molecule has 73 heavy (non-hydrogen) atoms. The van der Waals surface area contributed by atoms with Crippen LogP contribution in [-0.4, -0.2) is 119 Å². The average molecular weight is 1040 g/mol. The SMILES string of the molecule is CC1CN(Cc2ccc(C(=O)Nc3[nH]nc4sc(C(=O)NN(C)c5ccc(Cl)cc5)cc34)cc2)CCN1.CC1CN(Cc2ccc(C(=O)Nc3[nH]nc4sc(C(=O)NN(C)c5ccccc5)cc34)cc2)CCN1. The number of para-hydroxylation sites is 1. The topological polar surface area (TPSA) is 211 Å². The van der Waals surface area contributed by atoms with Crippen LogP contribution in [0, 0.1) is 0 Å². The number of carbonyl (C=O) groups excluding carboxylic acids is 4. The number of aromatic amines is 2. The van der Waals surface area contributed by atoms with Gasteiger partial charge in [-0.1, -0.05) is 54.1 Å². The molecular formula is C52H57ClN14O4S2. The first-order valence-electron chi connectivity index (χ1n) is 23.9. The Morgan fingerprint density at radius 3 is 1.45 bits per heavy atom. The largest absolute Gasteiger partial charge is 0.312 e. The Labute approximate surface area is 435 Å². The first-order valence-corrected chi connectivity index (χ1v) is 25.9. The number of thiophene rings is 2. The molecule has 2 atom stereocenters. The number of amides is 4. The van der Waals surface area contributed by atoms with E-state index in [2.05, 4.69) is 76.2 Å². The van der Waals surface area contributed by atoms with Gasteiger partial charge >= 0.3 is 0 Å². The number of carbonyl (C=O) groups is 4. The number of aromatic nitrogens is 4. The zero-order valence-corrected chi connectivity index (χ0v) is 43.2. The second kappa shape index (κ2) is 23.1. The van der Waals surface area contributed by atoms with Gasteiger partial charge in [0.25, 0.3) is 23.6 Å². The highest BCUT2D eigenvalue weighted by atomic mass is 35.5. The van der Waals surface area contributed by atoms with E-state index in [0.29, 0.717) is 70.1 Å². The standard InChI is InChI=1S/C26H28ClN7O2S.C26H29N7O2S/c1-16-14-34(12-11-28-16)15-17-3-5-18(6-4-17)24(35)29-23-21-13-22(37-26(21)31-30-23)25(36)32-33(2)20-9-7-19(27)8-10-20;1-17-15-33(13-12-27-17)16-18-8-10-19(11-9-18)24(34)28-23-21-14-22(36-26(21)30-29-23)25(35)31-32(2)20-6-4-3-5-7-20/h3-10,13,16,28H,11-12,14-15H2,1-2H3,(H,32,36)(H2,29,30,31,35);3-11,14,17,27H,12-13,15-16H2,1-2H3,(H,31,35)(H2,28,29,30,34). The molecule has 378 valence electrons. The maximum atomic E-state index is 12.9. The molecule has 0 spiro atoms. The molecule has 4 aromatic carbocycles. The van der Waals surface area contributed by atoms with Crippen LogP contribution in [0.4, 0.5) is 23.0 Å². The van der Waals surface area contributed by atoms with Crippen molar-refractivity contribution in [2.45, 2.75) is 39.0 Å². The van der Waals surface area contributed by atoms with Crippen molar-refractivity contribution >= 4 is 101 Å². The van der Waals surface area contributed by atoms with Gasteiger partial charge < -0.3 is 21.3 Å². The Morgan fingerprint density at radius 1 is 0.603 bits per heavy atom. The summed E-state index contributed by atoms with van der Waals surface area (Å²) in [7, 11) is 3.54. The molecule has 4 amide bonds. The Morgan fingerprint density at radius 2 is 1.03 bits per heavy atom. The third kappa shape index (κ3) is 12.9. The van der Waals surface area contributed by atoms with E-state index in [1.54, 1.807) is 48.4 Å². The summed E-state index contributed by atoms with van der Waals surface area (Å²) in [5, 5.41) is 32.2. The number of rotatable bonds is 14. The van der Waals surface area contributed by atoms with Crippen LogP contribution < -0.4 is 42.1 Å². The summed E-state index contributed by atoms with van der Waals surface area (Å²) >= 11 is 8.45. The number of halogens is 1. The van der Waals surface area contributed by atoms with Crippen molar-refractivity contribution in [3.8, 4) is 0 Å². The summed E-state index contributed by atoms with van der Waals surface area (Å²) in [4.78, 5) is 58.5. The Balaban J connectivity index is 0.000000180. The molecule has 2 aliphatic rings. The lowest BCUT2D eigenvalue weighted by molar-refractivity contribution is 0.0947. The van der Waals surface area contributed by atoms with E-state index in [1.807, 2.05) is 91.0 Å². The lowest BCUT2D eigenvalue weighted by Gasteiger charge is -2.31. The summed E-state index contributed by atoms with van der Waals surface area (Å²) in [6, 6.07) is 36.5. The molecule has 8 N–H and O–H groups in total. The lowest BCUT2D eigenvalue weighted by atomic mass is 10.1. The van der Waals surface area contributed by atoms with Crippen molar-refractivity contribution in [3.05, 3.63) is 152 Å². The minimum absolute atomic E-state index is 0.232. The number of H-pyrrole nitrogens is 2. The predicted molar refractivity (Wildman–Crippen MR) is 292 cm³/mol. The van der Waals surface area contributed by atoms with E-state index in [4.69, 9.17) is 11.6 Å². The molecule has 8 aromatic rings. The van der Waals surface area contributed by atoms with Crippen LogP contribution in [0.5, 0.6) is 0 Å². The highest BCUT2D eigenvalue weighted by molar-refractivity contribution is 7.20. The molecule has 18 nitrogen and oxygen atoms in total. The molecule has 4 aromatic heterocycles. The van der Waals surface area contributed by atoms with Crippen molar-refractivity contribution in [2.75, 3.05) is 74.0 Å². The number of hydrogen-bond donors (Lipinski definition) is 8. The van der Waals surface area contributed by atoms with Gasteiger partial charge in [0.2, 0.25) is 0 Å². The Hall–Kier alpha value is -7.17. The zero-order valence-electron chi connectivity index (χ0n) is 40.8. The normalized spacial score (nSPS) is 16.1. The van der Waals surface area contributed by atoms with Crippen molar-refractivity contribution in [1.82, 2.24) is 51.7 Å². The van der Waals surface area contributed by atoms with E-state index in [0.717, 1.165) is 63.7 Å². The average Bonchev–Trinajstić information content (AvgIpc) is 4.19. The molecular weight excluding hydrogens is 984 g/mol. The van der Waals surface area contributed by atoms with Crippen LogP contribution in [0.3, 0.4) is 0 Å². The lowest BCUT2D eigenvalue weighted by Crippen LogP contribution is -2.48. The highest BCUT2D eigenvalue weighted by Crippen LogP contribution is 2.31. The van der Waals surface area contributed by atoms with E-state index in [9.17, 15) is 19.2 Å². The van der Waals surface area contributed by atoms with Gasteiger partial charge in [0, 0.05) is 94.7 Å². The summed E-state index contributed by atoms with van der Waals surface area (Å²) in [5.41, 5.74) is 10.8. The quantitative estimate of drug-likeness (QED) is 0.0497. The maximum absolute atomic E-state index is 12.9. The van der Waals surface area contributed by atoms with Crippen molar-refractivity contribution < 1.29 is 19.2 Å². The number of anilines is 4. The van der Waals surface area contributed by atoms with Crippen LogP contribution in [0.2, 0.25) is 5.02 Å². The van der Waals surface area contributed by atoms with E-state index in [1.165, 1.54) is 33.8 Å². The number of nitrogens with one attached hydrogen (secondary N) is 8. The van der Waals surface area contributed by atoms with Crippen LogP contribution in [0.15, 0.2) is 115 Å². The van der Waals surface area contributed by atoms with Gasteiger partial charge in [-0.05, 0) is 97.8 Å². The van der Waals surface area contributed by atoms with Crippen molar-refractivity contribution in [2.24, 2.45) is 0 Å². The van der Waals surface area contributed by atoms with Gasteiger partial charge in [0.1, 0.15) is 21.3 Å². The Kier molecular flexibility index (Phi) is 16.1. The first-order chi connectivity index (χ1) is 35.3. The van der Waals surface area contributed by atoms with Crippen LogP contribution >= 0.6 is 34.3 Å². The van der Waals surface area contributed by atoms with E-state index in [-0.39, 0.29) is 23.6 Å². The van der Waals surface area contributed by atoms with Gasteiger partial charge in [0.05, 0.1) is 31.9 Å². The van der Waals surface area contributed by atoms with Crippen LogP contribution in [0.25, 0.3) is 20.4 Å². The second-order valence-corrected chi connectivity index (χ2v) is 20.6. The van der Waals surface area contributed by atoms with Crippen LogP contribution in [-0.2, 0) is 13.1 Å². The summed E-state index contributed by atoms with van der Waals surface area (Å²) in [5.74, 6) is -0.0550. The Bertz CT molecular complexity index is 3180. The number of fused-ring (bicyclic) bond motifs is 2. The molecule has 0 radical (unpaired) electrons. The summed E-state index contributed by atoms with van der Waals surface area (Å²) in [6.45, 7) is 12.2. The number of benzene rings is 4. The minimum atomic E-state index is -0.271. The number of nitrogens with zero attached hydrogens (tertiary/aromatic N) is 6. The number of hydrazine groups is 2. The smallest absolute Gasteiger partial charge is 0.279 e. The fourth-order valence-electron chi connectivity index (χ4n) is 8.62. The van der Waals surface area contributed by atoms with Gasteiger partial charge in [-0.25, -0.2) is 0 Å². The predicted octanol–water partition coefficient (Wildman–Crippen LogP) is 7.56. The molecule has 2 unspecified atom stereocenters. The molecule has 21 heteroatoms. The molecule has 2 fully saturated rings. The third-order valence-electron chi connectivity index (χ3n) is 12.5. The fraction of sp³-hybridized carbons (Fsp3) is 0.269. The van der Waals surface area contributed by atoms with Gasteiger partial charge in [-0.2, -0.15) is 10.2 Å². The maximum Gasteiger partial charge on any atom is 0.279 e. The molecule has 2 aliphatic heterocycles. The van der Waals surface area contributed by atoms with Gasteiger partial charge in [0.15, 0.2) is 0 Å². The van der Waals surface area contributed by atoms with Crippen LogP contribution in [0.1, 0.15) is 65.0 Å². The third-order valence-corrected chi connectivity index (χ3v) is 14.8. The van der Waals surface area contributed by atoms with Gasteiger partial charge in [-0.15, -0.1) is 22.7 Å². The fourth-order valence-corrected chi connectivity index (χ4v) is 10.5. The van der Waals surface area contributed by atoms with E-state index < -0.39 is 0 Å². The molecule has 2 saturated heterocycles. The van der Waals surface area contributed by atoms with Crippen molar-refractivity contribution in [3.63, 3.8) is 0 Å². The minimum Gasteiger partial charge on any atom is -0.312 e. The molecule has 0 saturated carbocycles. The first kappa shape index (κ1) is 50.8. The second-order valence-electron chi connectivity index (χ2n) is 18.2. The molecule has 10 rings (SSSR count). The summed E-state index contributed by atoms with van der Waals surface area (Å²) < 4.78 is 0. The van der Waals surface area contributed by atoms with E-state index >= 15 is 0 Å². The molecule has 0 bridgehead atoms. The highest BCUT2D eigenvalue weighted by Gasteiger charge is 2.22. The molecule has 6 heterocycles. The number of hydrogen-bond acceptors (Lipinski definition) is 14. The van der Waals surface area contributed by atoms with Gasteiger partial charge in [-0.3, -0.25) is 60.0 Å². The number of piperazine rings is 2. The summed E-state index contributed by atoms with van der Waals surface area (Å²) in [6.07, 6.45) is 0. The van der Waals surface area contributed by atoms with Crippen molar-refractivity contribution in [1.29, 1.82) is 0 Å². The monoisotopic (exact) mass is 1040 g/mol.